The molecule has 1 heterocycles. The molecule has 3 nitrogen and oxygen atoms in total. The van der Waals surface area contributed by atoms with E-state index in [1.54, 1.807) is 6.21 Å². The average Bonchev–Trinajstić information content (AvgIpc) is 2.65. The van der Waals surface area contributed by atoms with Crippen LogP contribution in [-0.4, -0.2) is 24.8 Å². The summed E-state index contributed by atoms with van der Waals surface area (Å²) in [6, 6.07) is 0. The number of hydrogen-bond donors (Lipinski definition) is 1. The van der Waals surface area contributed by atoms with E-state index in [2.05, 4.69) is 4.99 Å². The fraction of sp³-hybridized carbons (Fsp3) is 0.818. The number of ether oxygens (including phenoxy) is 1. The van der Waals surface area contributed by atoms with E-state index in [4.69, 9.17) is 10.1 Å². The van der Waals surface area contributed by atoms with E-state index in [0.29, 0.717) is 11.8 Å². The molecule has 0 bridgehead atoms. The molecule has 0 aromatic heterocycles. The second kappa shape index (κ2) is 4.22. The largest absolute Gasteiger partial charge is 0.348 e. The maximum atomic E-state index is 7.22. The summed E-state index contributed by atoms with van der Waals surface area (Å²) in [4.78, 5) is 4.39. The van der Waals surface area contributed by atoms with Crippen LogP contribution in [0.2, 0.25) is 0 Å². The highest BCUT2D eigenvalue weighted by Gasteiger charge is 2.30. The summed E-state index contributed by atoms with van der Waals surface area (Å²) in [6.07, 6.45) is 8.40. The first-order valence-electron chi connectivity index (χ1n) is 5.49. The normalized spacial score (nSPS) is 42.6. The van der Waals surface area contributed by atoms with E-state index in [1.807, 2.05) is 13.1 Å². The molecule has 1 N–H and O–H groups in total. The molecule has 1 aliphatic carbocycles. The van der Waals surface area contributed by atoms with Gasteiger partial charge in [-0.25, -0.2) is 0 Å². The third-order valence-corrected chi connectivity index (χ3v) is 3.25. The van der Waals surface area contributed by atoms with Crippen LogP contribution in [0.15, 0.2) is 4.99 Å². The van der Waals surface area contributed by atoms with Crippen molar-refractivity contribution in [3.63, 3.8) is 0 Å². The summed E-state index contributed by atoms with van der Waals surface area (Å²) < 4.78 is 5.69. The maximum absolute atomic E-state index is 7.22. The Hall–Kier alpha value is -0.700. The van der Waals surface area contributed by atoms with E-state index in [-0.39, 0.29) is 12.3 Å². The lowest BCUT2D eigenvalue weighted by molar-refractivity contribution is 0.00708. The SMILES string of the molecule is CC1C=NC(C2CCC(C=N)CC2)O1. The molecular formula is C11H18N2O. The number of hydrogen-bond acceptors (Lipinski definition) is 3. The Morgan fingerprint density at radius 3 is 2.57 bits per heavy atom. The molecule has 1 aliphatic heterocycles. The Bertz CT molecular complexity index is 231. The van der Waals surface area contributed by atoms with Crippen LogP contribution in [0.4, 0.5) is 0 Å². The van der Waals surface area contributed by atoms with Crippen molar-refractivity contribution < 1.29 is 4.74 Å². The van der Waals surface area contributed by atoms with Crippen molar-refractivity contribution >= 4 is 12.4 Å². The highest BCUT2D eigenvalue weighted by Crippen LogP contribution is 2.32. The maximum Gasteiger partial charge on any atom is 0.151 e. The molecule has 78 valence electrons. The highest BCUT2D eigenvalue weighted by atomic mass is 16.5. The zero-order chi connectivity index (χ0) is 9.97. The molecular weight excluding hydrogens is 176 g/mol. The lowest BCUT2D eigenvalue weighted by Crippen LogP contribution is -2.26. The van der Waals surface area contributed by atoms with Crippen LogP contribution in [0, 0.1) is 17.2 Å². The predicted octanol–water partition coefficient (Wildman–Crippen LogP) is 2.26. The number of nitrogens with one attached hydrogen (secondary N) is 1. The van der Waals surface area contributed by atoms with Gasteiger partial charge in [0.1, 0.15) is 0 Å². The highest BCUT2D eigenvalue weighted by molar-refractivity contribution is 5.64. The Kier molecular flexibility index (Phi) is 2.96. The monoisotopic (exact) mass is 194 g/mol. The molecule has 0 radical (unpaired) electrons. The Morgan fingerprint density at radius 1 is 1.36 bits per heavy atom. The third kappa shape index (κ3) is 2.03. The minimum absolute atomic E-state index is 0.108. The summed E-state index contributed by atoms with van der Waals surface area (Å²) in [5.41, 5.74) is 0. The van der Waals surface area contributed by atoms with Crippen molar-refractivity contribution in [3.8, 4) is 0 Å². The summed E-state index contributed by atoms with van der Waals surface area (Å²) >= 11 is 0. The van der Waals surface area contributed by atoms with E-state index in [1.165, 1.54) is 0 Å². The van der Waals surface area contributed by atoms with Crippen molar-refractivity contribution in [3.05, 3.63) is 0 Å². The molecule has 0 saturated heterocycles. The molecule has 14 heavy (non-hydrogen) atoms. The smallest absolute Gasteiger partial charge is 0.151 e. The van der Waals surface area contributed by atoms with Crippen LogP contribution < -0.4 is 0 Å². The van der Waals surface area contributed by atoms with Gasteiger partial charge in [-0.3, -0.25) is 4.99 Å². The van der Waals surface area contributed by atoms with E-state index < -0.39 is 0 Å². The molecule has 1 fully saturated rings. The molecule has 0 aromatic carbocycles. The van der Waals surface area contributed by atoms with Gasteiger partial charge in [0, 0.05) is 12.1 Å². The molecule has 2 unspecified atom stereocenters. The molecule has 2 atom stereocenters. The van der Waals surface area contributed by atoms with Crippen molar-refractivity contribution in [2.75, 3.05) is 0 Å². The second-order valence-electron chi connectivity index (χ2n) is 4.37. The van der Waals surface area contributed by atoms with Gasteiger partial charge in [-0.15, -0.1) is 0 Å². The lowest BCUT2D eigenvalue weighted by atomic mass is 9.82. The zero-order valence-corrected chi connectivity index (χ0v) is 8.65. The standard InChI is InChI=1S/C11H18N2O/c1-8-7-13-11(14-8)10-4-2-9(6-12)3-5-10/h6-12H,2-5H2,1H3. The Morgan fingerprint density at radius 2 is 2.07 bits per heavy atom. The fourth-order valence-electron chi connectivity index (χ4n) is 2.33. The number of rotatable bonds is 2. The number of aliphatic imine (C=N–C) groups is 1. The molecule has 3 heteroatoms. The first-order valence-corrected chi connectivity index (χ1v) is 5.49. The zero-order valence-electron chi connectivity index (χ0n) is 8.65. The van der Waals surface area contributed by atoms with Gasteiger partial charge < -0.3 is 10.1 Å². The van der Waals surface area contributed by atoms with Gasteiger partial charge in [0.2, 0.25) is 0 Å². The average molecular weight is 194 g/mol. The van der Waals surface area contributed by atoms with Gasteiger partial charge in [-0.2, -0.15) is 0 Å². The third-order valence-electron chi connectivity index (χ3n) is 3.25. The van der Waals surface area contributed by atoms with Crippen LogP contribution in [0.25, 0.3) is 0 Å². The topological polar surface area (TPSA) is 45.4 Å². The van der Waals surface area contributed by atoms with Crippen LogP contribution in [0.3, 0.4) is 0 Å². The summed E-state index contributed by atoms with van der Waals surface area (Å²) in [5, 5.41) is 7.22. The lowest BCUT2D eigenvalue weighted by Gasteiger charge is -2.28. The van der Waals surface area contributed by atoms with Gasteiger partial charge in [-0.05, 0) is 44.7 Å². The fourth-order valence-corrected chi connectivity index (χ4v) is 2.33. The Balaban J connectivity index is 1.84. The van der Waals surface area contributed by atoms with E-state index in [0.717, 1.165) is 25.7 Å². The number of nitrogens with zero attached hydrogens (tertiary/aromatic N) is 1. The van der Waals surface area contributed by atoms with E-state index in [9.17, 15) is 0 Å². The van der Waals surface area contributed by atoms with E-state index >= 15 is 0 Å². The van der Waals surface area contributed by atoms with Crippen molar-refractivity contribution in [1.82, 2.24) is 0 Å². The first-order chi connectivity index (χ1) is 6.79. The molecule has 0 spiro atoms. The van der Waals surface area contributed by atoms with Crippen LogP contribution in [0.5, 0.6) is 0 Å². The predicted molar refractivity (Wildman–Crippen MR) is 57.1 cm³/mol. The van der Waals surface area contributed by atoms with Crippen LogP contribution in [-0.2, 0) is 4.74 Å². The minimum atomic E-state index is 0.108. The molecule has 0 amide bonds. The van der Waals surface area contributed by atoms with Crippen LogP contribution >= 0.6 is 0 Å². The van der Waals surface area contributed by atoms with Crippen molar-refractivity contribution in [2.24, 2.45) is 16.8 Å². The molecule has 2 aliphatic rings. The van der Waals surface area contributed by atoms with Gasteiger partial charge in [0.25, 0.3) is 0 Å². The summed E-state index contributed by atoms with van der Waals surface area (Å²) in [6.45, 7) is 2.03. The van der Waals surface area contributed by atoms with Gasteiger partial charge >= 0.3 is 0 Å². The Labute approximate surface area is 85.1 Å². The van der Waals surface area contributed by atoms with Gasteiger partial charge in [0.15, 0.2) is 6.23 Å². The summed E-state index contributed by atoms with van der Waals surface area (Å²) in [7, 11) is 0. The first kappa shape index (κ1) is 9.84. The minimum Gasteiger partial charge on any atom is -0.348 e. The van der Waals surface area contributed by atoms with Crippen molar-refractivity contribution in [2.45, 2.75) is 44.9 Å². The van der Waals surface area contributed by atoms with Crippen LogP contribution in [0.1, 0.15) is 32.6 Å². The molecule has 0 aromatic rings. The second-order valence-corrected chi connectivity index (χ2v) is 4.37. The molecule has 2 rings (SSSR count). The van der Waals surface area contributed by atoms with Gasteiger partial charge in [-0.1, -0.05) is 0 Å². The van der Waals surface area contributed by atoms with Crippen molar-refractivity contribution in [1.29, 1.82) is 5.41 Å². The molecule has 1 saturated carbocycles. The van der Waals surface area contributed by atoms with Gasteiger partial charge in [0.05, 0.1) is 6.10 Å². The quantitative estimate of drug-likeness (QED) is 0.673. The summed E-state index contributed by atoms with van der Waals surface area (Å²) in [5.74, 6) is 1.10.